The largest absolute Gasteiger partial charge is 0.365 e. The molecule has 0 radical (unpaired) electrons. The molecule has 0 amide bonds. The van der Waals surface area contributed by atoms with Gasteiger partial charge in [-0.15, -0.1) is 0 Å². The number of likely N-dealkylation sites (tertiary alicyclic amines) is 1. The molecule has 21 heavy (non-hydrogen) atoms. The second-order valence-electron chi connectivity index (χ2n) is 7.17. The van der Waals surface area contributed by atoms with E-state index < -0.39 is 0 Å². The van der Waals surface area contributed by atoms with Crippen molar-refractivity contribution in [2.75, 3.05) is 19.6 Å². The van der Waals surface area contributed by atoms with Gasteiger partial charge in [-0.3, -0.25) is 0 Å². The highest BCUT2D eigenvalue weighted by molar-refractivity contribution is 5.35. The molecule has 0 aliphatic carbocycles. The molecule has 3 rings (SSSR count). The van der Waals surface area contributed by atoms with Gasteiger partial charge in [0, 0.05) is 13.1 Å². The smallest absolute Gasteiger partial charge is 0.0963 e. The van der Waals surface area contributed by atoms with Crippen molar-refractivity contribution in [1.82, 2.24) is 4.90 Å². The summed E-state index contributed by atoms with van der Waals surface area (Å²) >= 11 is 0. The van der Waals surface area contributed by atoms with E-state index in [9.17, 15) is 0 Å². The van der Waals surface area contributed by atoms with E-state index >= 15 is 0 Å². The van der Waals surface area contributed by atoms with E-state index in [0.717, 1.165) is 25.4 Å². The Bertz CT molecular complexity index is 460. The van der Waals surface area contributed by atoms with Crippen molar-refractivity contribution in [2.45, 2.75) is 58.2 Å². The highest BCUT2D eigenvalue weighted by Gasteiger charge is 2.42. The van der Waals surface area contributed by atoms with E-state index in [2.05, 4.69) is 43.0 Å². The van der Waals surface area contributed by atoms with Crippen molar-refractivity contribution in [2.24, 2.45) is 5.92 Å². The Morgan fingerprint density at radius 3 is 2.67 bits per heavy atom. The number of hydrogen-bond acceptors (Lipinski definition) is 2. The van der Waals surface area contributed by atoms with E-state index in [-0.39, 0.29) is 5.60 Å². The zero-order valence-corrected chi connectivity index (χ0v) is 13.6. The minimum absolute atomic E-state index is 0.0328. The molecule has 0 atom stereocenters. The van der Waals surface area contributed by atoms with Gasteiger partial charge >= 0.3 is 0 Å². The Morgan fingerprint density at radius 2 is 1.90 bits per heavy atom. The van der Waals surface area contributed by atoms with E-state index in [0.29, 0.717) is 0 Å². The molecular formula is C19H29NO. The van der Waals surface area contributed by atoms with Crippen LogP contribution in [0.15, 0.2) is 24.3 Å². The monoisotopic (exact) mass is 287 g/mol. The van der Waals surface area contributed by atoms with E-state index in [4.69, 9.17) is 4.74 Å². The molecule has 2 nitrogen and oxygen atoms in total. The van der Waals surface area contributed by atoms with Crippen LogP contribution >= 0.6 is 0 Å². The fourth-order valence-electron chi connectivity index (χ4n) is 3.82. The minimum atomic E-state index is 0.0328. The molecule has 1 saturated heterocycles. The standard InChI is InChI=1S/C19H29NO/c1-16(2)7-5-6-12-20-13-10-19(11-14-20)18-9-4-3-8-17(18)15-21-19/h3-4,8-9,16H,5-7,10-15H2,1-2H3. The summed E-state index contributed by atoms with van der Waals surface area (Å²) in [6.45, 7) is 9.10. The van der Waals surface area contributed by atoms with Gasteiger partial charge in [0.1, 0.15) is 0 Å². The Morgan fingerprint density at radius 1 is 1.14 bits per heavy atom. The third-order valence-electron chi connectivity index (χ3n) is 5.18. The molecule has 1 fully saturated rings. The lowest BCUT2D eigenvalue weighted by Crippen LogP contribution is -2.42. The topological polar surface area (TPSA) is 12.5 Å². The predicted octanol–water partition coefficient (Wildman–Crippen LogP) is 4.33. The van der Waals surface area contributed by atoms with Crippen molar-refractivity contribution in [1.29, 1.82) is 0 Å². The van der Waals surface area contributed by atoms with Gasteiger partial charge in [-0.1, -0.05) is 51.0 Å². The summed E-state index contributed by atoms with van der Waals surface area (Å²) in [6, 6.07) is 8.79. The molecule has 2 aliphatic heterocycles. The van der Waals surface area contributed by atoms with Crippen LogP contribution in [0, 0.1) is 5.92 Å². The lowest BCUT2D eigenvalue weighted by Gasteiger charge is -2.39. The van der Waals surface area contributed by atoms with E-state index in [1.165, 1.54) is 50.0 Å². The predicted molar refractivity (Wildman–Crippen MR) is 87.3 cm³/mol. The first-order chi connectivity index (χ1) is 10.2. The third-order valence-corrected chi connectivity index (χ3v) is 5.18. The normalized spacial score (nSPS) is 21.1. The molecular weight excluding hydrogens is 258 g/mol. The van der Waals surface area contributed by atoms with Crippen LogP contribution in [0.5, 0.6) is 0 Å². The van der Waals surface area contributed by atoms with Crippen LogP contribution in [0.2, 0.25) is 0 Å². The molecule has 0 saturated carbocycles. The maximum absolute atomic E-state index is 6.23. The molecule has 116 valence electrons. The lowest BCUT2D eigenvalue weighted by molar-refractivity contribution is -0.0788. The van der Waals surface area contributed by atoms with E-state index in [1.807, 2.05) is 0 Å². The number of rotatable bonds is 5. The molecule has 0 unspecified atom stereocenters. The summed E-state index contributed by atoms with van der Waals surface area (Å²) < 4.78 is 6.23. The number of nitrogens with zero attached hydrogens (tertiary/aromatic N) is 1. The number of hydrogen-bond donors (Lipinski definition) is 0. The minimum Gasteiger partial charge on any atom is -0.365 e. The molecule has 1 spiro atoms. The highest BCUT2D eigenvalue weighted by Crippen LogP contribution is 2.43. The molecule has 2 heterocycles. The van der Waals surface area contributed by atoms with Crippen LogP contribution in [-0.2, 0) is 16.9 Å². The number of benzene rings is 1. The Kier molecular flexibility index (Phi) is 4.66. The van der Waals surface area contributed by atoms with Gasteiger partial charge in [0.15, 0.2) is 0 Å². The molecule has 0 bridgehead atoms. The van der Waals surface area contributed by atoms with Crippen LogP contribution in [0.25, 0.3) is 0 Å². The Balaban J connectivity index is 1.50. The fourth-order valence-corrected chi connectivity index (χ4v) is 3.82. The first-order valence-electron chi connectivity index (χ1n) is 8.64. The first-order valence-corrected chi connectivity index (χ1v) is 8.64. The van der Waals surface area contributed by atoms with Gasteiger partial charge in [0.05, 0.1) is 12.2 Å². The Hall–Kier alpha value is -0.860. The van der Waals surface area contributed by atoms with Crippen molar-refractivity contribution >= 4 is 0 Å². The average Bonchev–Trinajstić information content (AvgIpc) is 2.85. The van der Waals surface area contributed by atoms with Gasteiger partial charge in [-0.25, -0.2) is 0 Å². The quantitative estimate of drug-likeness (QED) is 0.747. The van der Waals surface area contributed by atoms with Crippen LogP contribution in [0.4, 0.5) is 0 Å². The highest BCUT2D eigenvalue weighted by atomic mass is 16.5. The molecule has 1 aromatic carbocycles. The van der Waals surface area contributed by atoms with Crippen molar-refractivity contribution in [3.05, 3.63) is 35.4 Å². The van der Waals surface area contributed by atoms with Crippen LogP contribution in [0.1, 0.15) is 57.1 Å². The van der Waals surface area contributed by atoms with Gasteiger partial charge < -0.3 is 9.64 Å². The average molecular weight is 287 g/mol. The maximum atomic E-state index is 6.23. The summed E-state index contributed by atoms with van der Waals surface area (Å²) in [4.78, 5) is 2.63. The molecule has 0 aromatic heterocycles. The molecule has 1 aromatic rings. The van der Waals surface area contributed by atoms with Gasteiger partial charge in [0.25, 0.3) is 0 Å². The van der Waals surface area contributed by atoms with Crippen LogP contribution < -0.4 is 0 Å². The second-order valence-corrected chi connectivity index (χ2v) is 7.17. The number of unbranched alkanes of at least 4 members (excludes halogenated alkanes) is 1. The summed E-state index contributed by atoms with van der Waals surface area (Å²) in [5.74, 6) is 0.845. The van der Waals surface area contributed by atoms with Crippen molar-refractivity contribution in [3.8, 4) is 0 Å². The summed E-state index contributed by atoms with van der Waals surface area (Å²) in [5.41, 5.74) is 2.90. The second kappa shape index (κ2) is 6.50. The zero-order chi connectivity index (χ0) is 14.7. The van der Waals surface area contributed by atoms with Gasteiger partial charge in [0.2, 0.25) is 0 Å². The fraction of sp³-hybridized carbons (Fsp3) is 0.684. The first kappa shape index (κ1) is 15.1. The number of piperidine rings is 1. The lowest BCUT2D eigenvalue weighted by atomic mass is 9.84. The van der Waals surface area contributed by atoms with Crippen LogP contribution in [0.3, 0.4) is 0 Å². The maximum Gasteiger partial charge on any atom is 0.0963 e. The molecule has 0 N–H and O–H groups in total. The zero-order valence-electron chi connectivity index (χ0n) is 13.6. The summed E-state index contributed by atoms with van der Waals surface area (Å²) in [7, 11) is 0. The Labute approximate surface area is 129 Å². The van der Waals surface area contributed by atoms with Crippen molar-refractivity contribution in [3.63, 3.8) is 0 Å². The van der Waals surface area contributed by atoms with Gasteiger partial charge in [-0.2, -0.15) is 0 Å². The molecule has 2 heteroatoms. The SMILES string of the molecule is CC(C)CCCCN1CCC2(CC1)OCc1ccccc12. The van der Waals surface area contributed by atoms with Gasteiger partial charge in [-0.05, 0) is 42.9 Å². The summed E-state index contributed by atoms with van der Waals surface area (Å²) in [6.07, 6.45) is 6.41. The van der Waals surface area contributed by atoms with E-state index in [1.54, 1.807) is 0 Å². The van der Waals surface area contributed by atoms with Crippen molar-refractivity contribution < 1.29 is 4.74 Å². The summed E-state index contributed by atoms with van der Waals surface area (Å²) in [5, 5.41) is 0. The molecule has 2 aliphatic rings. The number of ether oxygens (including phenoxy) is 1. The van der Waals surface area contributed by atoms with Crippen LogP contribution in [-0.4, -0.2) is 24.5 Å². The third kappa shape index (κ3) is 3.32. The number of fused-ring (bicyclic) bond motifs is 2.